The lowest BCUT2D eigenvalue weighted by molar-refractivity contribution is -0.107. The molecule has 0 aliphatic carbocycles. The summed E-state index contributed by atoms with van der Waals surface area (Å²) >= 11 is 5.95. The number of carbonyl (C=O) groups excluding carboxylic acids is 1. The molecule has 0 radical (unpaired) electrons. The maximum Gasteiger partial charge on any atom is 0.120 e. The van der Waals surface area contributed by atoms with Crippen molar-refractivity contribution in [2.45, 2.75) is 19.8 Å². The smallest absolute Gasteiger partial charge is 0.120 e. The second-order valence-electron chi connectivity index (χ2n) is 2.80. The Morgan fingerprint density at radius 3 is 2.83 bits per heavy atom. The van der Waals surface area contributed by atoms with Gasteiger partial charge in [-0.05, 0) is 30.5 Å². The van der Waals surface area contributed by atoms with Gasteiger partial charge in [0.2, 0.25) is 0 Å². The highest BCUT2D eigenvalue weighted by Gasteiger charge is 1.98. The number of aldehydes is 1. The number of hydrogen-bond acceptors (Lipinski definition) is 1. The van der Waals surface area contributed by atoms with Crippen molar-refractivity contribution in [1.82, 2.24) is 0 Å². The third kappa shape index (κ3) is 2.35. The van der Waals surface area contributed by atoms with Gasteiger partial charge in [-0.2, -0.15) is 0 Å². The summed E-state index contributed by atoms with van der Waals surface area (Å²) in [4.78, 5) is 10.1. The third-order valence-electron chi connectivity index (χ3n) is 1.74. The maximum absolute atomic E-state index is 10.1. The van der Waals surface area contributed by atoms with Gasteiger partial charge < -0.3 is 4.79 Å². The minimum Gasteiger partial charge on any atom is -0.303 e. The summed E-state index contributed by atoms with van der Waals surface area (Å²) in [6.45, 7) is 2.00. The van der Waals surface area contributed by atoms with E-state index in [0.29, 0.717) is 6.42 Å². The number of benzene rings is 1. The van der Waals surface area contributed by atoms with Crippen LogP contribution < -0.4 is 0 Å². The van der Waals surface area contributed by atoms with Crippen LogP contribution in [0.25, 0.3) is 0 Å². The number of halogens is 1. The van der Waals surface area contributed by atoms with Crippen molar-refractivity contribution in [1.29, 1.82) is 0 Å². The Morgan fingerprint density at radius 2 is 2.25 bits per heavy atom. The van der Waals surface area contributed by atoms with Gasteiger partial charge in [-0.25, -0.2) is 0 Å². The van der Waals surface area contributed by atoms with Gasteiger partial charge in [-0.1, -0.05) is 23.7 Å². The zero-order valence-corrected chi connectivity index (χ0v) is 7.77. The summed E-state index contributed by atoms with van der Waals surface area (Å²) in [5, 5.41) is 0.761. The molecule has 0 aliphatic heterocycles. The van der Waals surface area contributed by atoms with Crippen molar-refractivity contribution in [2.24, 2.45) is 0 Å². The molecule has 2 heteroatoms. The van der Waals surface area contributed by atoms with Gasteiger partial charge in [0.1, 0.15) is 6.29 Å². The van der Waals surface area contributed by atoms with Crippen LogP contribution in [-0.4, -0.2) is 6.29 Å². The van der Waals surface area contributed by atoms with Crippen LogP contribution in [0.3, 0.4) is 0 Å². The average Bonchev–Trinajstić information content (AvgIpc) is 2.03. The summed E-state index contributed by atoms with van der Waals surface area (Å²) < 4.78 is 0. The van der Waals surface area contributed by atoms with Crippen LogP contribution in [0.5, 0.6) is 0 Å². The first-order valence-electron chi connectivity index (χ1n) is 3.92. The van der Waals surface area contributed by atoms with Crippen LogP contribution in [0.1, 0.15) is 17.5 Å². The van der Waals surface area contributed by atoms with Gasteiger partial charge >= 0.3 is 0 Å². The Labute approximate surface area is 77.4 Å². The van der Waals surface area contributed by atoms with Gasteiger partial charge in [-0.3, -0.25) is 0 Å². The van der Waals surface area contributed by atoms with E-state index in [0.717, 1.165) is 28.9 Å². The fourth-order valence-electron chi connectivity index (χ4n) is 1.07. The lowest BCUT2D eigenvalue weighted by Gasteiger charge is -2.01. The average molecular weight is 183 g/mol. The summed E-state index contributed by atoms with van der Waals surface area (Å²) in [6, 6.07) is 5.90. The van der Waals surface area contributed by atoms with Gasteiger partial charge in [0.05, 0.1) is 0 Å². The summed E-state index contributed by atoms with van der Waals surface area (Å²) in [7, 11) is 0. The highest BCUT2D eigenvalue weighted by molar-refractivity contribution is 6.31. The van der Waals surface area contributed by atoms with Crippen LogP contribution >= 0.6 is 11.6 Å². The van der Waals surface area contributed by atoms with E-state index in [2.05, 4.69) is 0 Å². The Hall–Kier alpha value is -0.820. The van der Waals surface area contributed by atoms with E-state index in [1.54, 1.807) is 0 Å². The van der Waals surface area contributed by atoms with E-state index < -0.39 is 0 Å². The van der Waals surface area contributed by atoms with Crippen molar-refractivity contribution in [3.8, 4) is 0 Å². The quantitative estimate of drug-likeness (QED) is 0.657. The van der Waals surface area contributed by atoms with Crippen molar-refractivity contribution in [3.63, 3.8) is 0 Å². The highest BCUT2D eigenvalue weighted by Crippen LogP contribution is 2.18. The van der Waals surface area contributed by atoms with Crippen LogP contribution in [0.4, 0.5) is 0 Å². The molecule has 0 spiro atoms. The summed E-state index contributed by atoms with van der Waals surface area (Å²) in [5.41, 5.74) is 2.20. The Morgan fingerprint density at radius 1 is 1.50 bits per heavy atom. The van der Waals surface area contributed by atoms with E-state index in [4.69, 9.17) is 11.6 Å². The molecule has 0 heterocycles. The molecular formula is C10H11ClO. The molecule has 0 aliphatic rings. The highest BCUT2D eigenvalue weighted by atomic mass is 35.5. The third-order valence-corrected chi connectivity index (χ3v) is 2.09. The second kappa shape index (κ2) is 4.27. The van der Waals surface area contributed by atoms with Crippen LogP contribution in [-0.2, 0) is 11.2 Å². The molecule has 0 bridgehead atoms. The standard InChI is InChI=1S/C10H11ClO/c1-8-4-5-9(3-2-6-12)10(11)7-8/h4-7H,2-3H2,1H3. The lowest BCUT2D eigenvalue weighted by atomic mass is 10.1. The fraction of sp³-hybridized carbons (Fsp3) is 0.300. The monoisotopic (exact) mass is 182 g/mol. The predicted molar refractivity (Wildman–Crippen MR) is 50.6 cm³/mol. The van der Waals surface area contributed by atoms with E-state index in [1.165, 1.54) is 0 Å². The van der Waals surface area contributed by atoms with Crippen molar-refractivity contribution >= 4 is 17.9 Å². The molecule has 64 valence electrons. The Bertz CT molecular complexity index is 281. The maximum atomic E-state index is 10.1. The first kappa shape index (κ1) is 9.27. The molecule has 0 saturated heterocycles. The van der Waals surface area contributed by atoms with Crippen molar-refractivity contribution in [2.75, 3.05) is 0 Å². The van der Waals surface area contributed by atoms with E-state index in [9.17, 15) is 4.79 Å². The van der Waals surface area contributed by atoms with Gasteiger partial charge in [0.15, 0.2) is 0 Å². The molecule has 0 fully saturated rings. The lowest BCUT2D eigenvalue weighted by Crippen LogP contribution is -1.87. The predicted octanol–water partition coefficient (Wildman–Crippen LogP) is 2.78. The molecule has 0 unspecified atom stereocenters. The molecule has 1 rings (SSSR count). The molecule has 12 heavy (non-hydrogen) atoms. The summed E-state index contributed by atoms with van der Waals surface area (Å²) in [6.07, 6.45) is 2.20. The SMILES string of the molecule is Cc1ccc(CCC=O)c(Cl)c1. The van der Waals surface area contributed by atoms with Gasteiger partial charge in [-0.15, -0.1) is 0 Å². The minimum atomic E-state index is 0.544. The summed E-state index contributed by atoms with van der Waals surface area (Å²) in [5.74, 6) is 0. The molecular weight excluding hydrogens is 172 g/mol. The molecule has 0 amide bonds. The zero-order chi connectivity index (χ0) is 8.97. The molecule has 1 aromatic rings. The van der Waals surface area contributed by atoms with Crippen LogP contribution in [0.15, 0.2) is 18.2 Å². The number of rotatable bonds is 3. The molecule has 0 saturated carbocycles. The topological polar surface area (TPSA) is 17.1 Å². The van der Waals surface area contributed by atoms with E-state index in [1.807, 2.05) is 25.1 Å². The largest absolute Gasteiger partial charge is 0.303 e. The number of hydrogen-bond donors (Lipinski definition) is 0. The first-order chi connectivity index (χ1) is 5.74. The molecule has 1 nitrogen and oxygen atoms in total. The molecule has 0 atom stereocenters. The van der Waals surface area contributed by atoms with E-state index >= 15 is 0 Å². The Balaban J connectivity index is 2.78. The minimum absolute atomic E-state index is 0.544. The second-order valence-corrected chi connectivity index (χ2v) is 3.21. The van der Waals surface area contributed by atoms with Crippen molar-refractivity contribution in [3.05, 3.63) is 34.3 Å². The van der Waals surface area contributed by atoms with Gasteiger partial charge in [0, 0.05) is 11.4 Å². The first-order valence-corrected chi connectivity index (χ1v) is 4.30. The van der Waals surface area contributed by atoms with E-state index in [-0.39, 0.29) is 0 Å². The molecule has 0 aromatic heterocycles. The van der Waals surface area contributed by atoms with Gasteiger partial charge in [0.25, 0.3) is 0 Å². The normalized spacial score (nSPS) is 9.83. The number of aryl methyl sites for hydroxylation is 2. The fourth-order valence-corrected chi connectivity index (χ4v) is 1.40. The Kier molecular flexibility index (Phi) is 3.30. The number of carbonyl (C=O) groups is 1. The van der Waals surface area contributed by atoms with Crippen molar-refractivity contribution < 1.29 is 4.79 Å². The van der Waals surface area contributed by atoms with Crippen LogP contribution in [0.2, 0.25) is 5.02 Å². The molecule has 1 aromatic carbocycles. The zero-order valence-electron chi connectivity index (χ0n) is 7.01. The van der Waals surface area contributed by atoms with Crippen LogP contribution in [0, 0.1) is 6.92 Å². The molecule has 0 N–H and O–H groups in total.